The molecule has 1 fully saturated rings. The van der Waals surface area contributed by atoms with Crippen LogP contribution in [0.2, 0.25) is 0 Å². The molecule has 8 heteroatoms. The van der Waals surface area contributed by atoms with Crippen molar-refractivity contribution in [3.05, 3.63) is 60.2 Å². The summed E-state index contributed by atoms with van der Waals surface area (Å²) in [5.74, 6) is 0.517. The molecule has 0 unspecified atom stereocenters. The number of carbonyl (C=O) groups excluding carboxylic acids is 1. The van der Waals surface area contributed by atoms with Crippen LogP contribution < -0.4 is 5.32 Å². The molecule has 158 valence electrons. The fraction of sp³-hybridized carbons (Fsp3) is 0.364. The van der Waals surface area contributed by atoms with Crippen LogP contribution in [0.3, 0.4) is 0 Å². The maximum absolute atomic E-state index is 12.6. The van der Waals surface area contributed by atoms with Crippen LogP contribution in [0.25, 0.3) is 0 Å². The molecule has 0 radical (unpaired) electrons. The lowest BCUT2D eigenvalue weighted by atomic mass is 10.1. The number of piperazine rings is 1. The number of rotatable bonds is 6. The highest BCUT2D eigenvalue weighted by molar-refractivity contribution is 7.90. The molecule has 1 amide bonds. The average molecular weight is 427 g/mol. The monoisotopic (exact) mass is 426 g/mol. The van der Waals surface area contributed by atoms with Gasteiger partial charge >= 0.3 is 0 Å². The number of sulfonamides is 1. The summed E-state index contributed by atoms with van der Waals surface area (Å²) in [5, 5.41) is 3.07. The van der Waals surface area contributed by atoms with Crippen LogP contribution in [0.4, 0.5) is 5.69 Å². The molecular weight excluding hydrogens is 400 g/mol. The van der Waals surface area contributed by atoms with Crippen molar-refractivity contribution in [2.24, 2.45) is 4.40 Å². The summed E-state index contributed by atoms with van der Waals surface area (Å²) in [6.45, 7) is 4.09. The number of benzene rings is 2. The zero-order valence-electron chi connectivity index (χ0n) is 16.8. The predicted molar refractivity (Wildman–Crippen MR) is 117 cm³/mol. The van der Waals surface area contributed by atoms with Gasteiger partial charge in [0.1, 0.15) is 10.7 Å². The van der Waals surface area contributed by atoms with Crippen molar-refractivity contribution in [1.29, 1.82) is 0 Å². The number of amides is 1. The number of nitrogens with one attached hydrogen (secondary N) is 1. The largest absolute Gasteiger partial charge is 0.342 e. The summed E-state index contributed by atoms with van der Waals surface area (Å²) < 4.78 is 28.4. The van der Waals surface area contributed by atoms with Gasteiger partial charge in [-0.2, -0.15) is 8.42 Å². The molecule has 2 aliphatic rings. The Morgan fingerprint density at radius 3 is 2.43 bits per heavy atom. The molecule has 2 aromatic carbocycles. The number of nitrogens with zero attached hydrogens (tertiary/aromatic N) is 3. The average Bonchev–Trinajstić information content (AvgIpc) is 2.74. The van der Waals surface area contributed by atoms with Gasteiger partial charge in [0.25, 0.3) is 10.0 Å². The van der Waals surface area contributed by atoms with Crippen molar-refractivity contribution in [3.8, 4) is 0 Å². The smallest absolute Gasteiger partial charge is 0.286 e. The first-order valence-electron chi connectivity index (χ1n) is 10.3. The van der Waals surface area contributed by atoms with Gasteiger partial charge in [0.05, 0.1) is 5.69 Å². The number of hydrogen-bond acceptors (Lipinski definition) is 5. The molecule has 0 atom stereocenters. The molecule has 0 saturated carbocycles. The summed E-state index contributed by atoms with van der Waals surface area (Å²) in [6.07, 6.45) is 1.38. The Morgan fingerprint density at radius 2 is 1.67 bits per heavy atom. The molecule has 0 aromatic heterocycles. The van der Waals surface area contributed by atoms with E-state index in [0.717, 1.165) is 32.7 Å². The van der Waals surface area contributed by atoms with Crippen molar-refractivity contribution in [1.82, 2.24) is 9.80 Å². The van der Waals surface area contributed by atoms with E-state index in [1.807, 2.05) is 23.1 Å². The number of amidine groups is 1. The quantitative estimate of drug-likeness (QED) is 0.768. The summed E-state index contributed by atoms with van der Waals surface area (Å²) >= 11 is 0. The summed E-state index contributed by atoms with van der Waals surface area (Å²) in [4.78, 5) is 17.0. The number of anilines is 1. The zero-order chi connectivity index (χ0) is 21.0. The van der Waals surface area contributed by atoms with Gasteiger partial charge in [-0.3, -0.25) is 9.69 Å². The van der Waals surface area contributed by atoms with Crippen LogP contribution in [0.5, 0.6) is 0 Å². The fourth-order valence-electron chi connectivity index (χ4n) is 3.84. The lowest BCUT2D eigenvalue weighted by Gasteiger charge is -2.34. The lowest BCUT2D eigenvalue weighted by molar-refractivity contribution is -0.133. The normalized spacial score (nSPS) is 18.3. The summed E-state index contributed by atoms with van der Waals surface area (Å²) in [6, 6.07) is 17.1. The van der Waals surface area contributed by atoms with Gasteiger partial charge in [-0.25, -0.2) is 0 Å². The van der Waals surface area contributed by atoms with Gasteiger partial charge in [0.15, 0.2) is 0 Å². The Morgan fingerprint density at radius 1 is 0.967 bits per heavy atom. The number of hydrogen-bond donors (Lipinski definition) is 1. The SMILES string of the molecule is O=C(CCCC1=NS(=O)(=O)c2ccccc2N1)N1CCN(Cc2ccccc2)CC1. The molecule has 1 saturated heterocycles. The minimum atomic E-state index is -3.67. The van der Waals surface area contributed by atoms with Gasteiger partial charge in [-0.15, -0.1) is 4.40 Å². The Balaban J connectivity index is 1.23. The second kappa shape index (κ2) is 8.97. The van der Waals surface area contributed by atoms with E-state index in [2.05, 4.69) is 26.7 Å². The van der Waals surface area contributed by atoms with Crippen molar-refractivity contribution in [3.63, 3.8) is 0 Å². The number of para-hydroxylation sites is 1. The third-order valence-electron chi connectivity index (χ3n) is 5.45. The van der Waals surface area contributed by atoms with Crippen LogP contribution in [-0.4, -0.2) is 56.1 Å². The Bertz CT molecular complexity index is 1030. The van der Waals surface area contributed by atoms with E-state index in [9.17, 15) is 13.2 Å². The topological polar surface area (TPSA) is 82.1 Å². The zero-order valence-corrected chi connectivity index (χ0v) is 17.6. The van der Waals surface area contributed by atoms with Crippen LogP contribution >= 0.6 is 0 Å². The van der Waals surface area contributed by atoms with Crippen molar-refractivity contribution < 1.29 is 13.2 Å². The fourth-order valence-corrected chi connectivity index (χ4v) is 5.01. The van der Waals surface area contributed by atoms with E-state index in [1.165, 1.54) is 5.56 Å². The van der Waals surface area contributed by atoms with E-state index < -0.39 is 10.0 Å². The number of fused-ring (bicyclic) bond motifs is 1. The first kappa shape index (κ1) is 20.6. The molecule has 0 aliphatic carbocycles. The van der Waals surface area contributed by atoms with E-state index in [1.54, 1.807) is 24.3 Å². The van der Waals surface area contributed by atoms with Crippen LogP contribution in [0, 0.1) is 0 Å². The molecule has 7 nitrogen and oxygen atoms in total. The van der Waals surface area contributed by atoms with Gasteiger partial charge in [0.2, 0.25) is 5.91 Å². The van der Waals surface area contributed by atoms with Crippen molar-refractivity contribution >= 4 is 27.5 Å². The van der Waals surface area contributed by atoms with E-state index in [4.69, 9.17) is 0 Å². The minimum absolute atomic E-state index is 0.119. The molecule has 2 aliphatic heterocycles. The molecule has 30 heavy (non-hydrogen) atoms. The summed E-state index contributed by atoms with van der Waals surface area (Å²) in [5.41, 5.74) is 1.83. The highest BCUT2D eigenvalue weighted by Gasteiger charge is 2.25. The maximum atomic E-state index is 12.6. The summed E-state index contributed by atoms with van der Waals surface area (Å²) in [7, 11) is -3.67. The molecule has 1 N–H and O–H groups in total. The maximum Gasteiger partial charge on any atom is 0.286 e. The lowest BCUT2D eigenvalue weighted by Crippen LogP contribution is -2.48. The second-order valence-electron chi connectivity index (χ2n) is 7.63. The Hall–Kier alpha value is -2.71. The second-order valence-corrected chi connectivity index (χ2v) is 9.20. The van der Waals surface area contributed by atoms with Gasteiger partial charge in [-0.1, -0.05) is 42.5 Å². The third-order valence-corrected chi connectivity index (χ3v) is 6.83. The van der Waals surface area contributed by atoms with E-state index in [0.29, 0.717) is 30.8 Å². The van der Waals surface area contributed by atoms with E-state index >= 15 is 0 Å². The highest BCUT2D eigenvalue weighted by atomic mass is 32.2. The van der Waals surface area contributed by atoms with Gasteiger partial charge < -0.3 is 10.2 Å². The van der Waals surface area contributed by atoms with Crippen LogP contribution in [0.15, 0.2) is 63.9 Å². The molecule has 2 aromatic rings. The first-order valence-corrected chi connectivity index (χ1v) is 11.7. The minimum Gasteiger partial charge on any atom is -0.342 e. The highest BCUT2D eigenvalue weighted by Crippen LogP contribution is 2.27. The van der Waals surface area contributed by atoms with Gasteiger partial charge in [0, 0.05) is 45.6 Å². The van der Waals surface area contributed by atoms with Gasteiger partial charge in [-0.05, 0) is 24.1 Å². The molecule has 0 spiro atoms. The standard InChI is InChI=1S/C22H26N4O3S/c27-22(26-15-13-25(14-16-26)17-18-7-2-1-3-8-18)12-6-11-21-23-19-9-4-5-10-20(19)30(28,29)24-21/h1-5,7-10H,6,11-17H2,(H,23,24). The van der Waals surface area contributed by atoms with Crippen LogP contribution in [-0.2, 0) is 21.4 Å². The van der Waals surface area contributed by atoms with Crippen molar-refractivity contribution in [2.45, 2.75) is 30.7 Å². The molecule has 0 bridgehead atoms. The molecular formula is C22H26N4O3S. The van der Waals surface area contributed by atoms with Crippen molar-refractivity contribution in [2.75, 3.05) is 31.5 Å². The predicted octanol–water partition coefficient (Wildman–Crippen LogP) is 2.71. The van der Waals surface area contributed by atoms with Crippen LogP contribution in [0.1, 0.15) is 24.8 Å². The molecule has 2 heterocycles. The Kier molecular flexibility index (Phi) is 6.15. The molecule has 4 rings (SSSR count). The Labute approximate surface area is 177 Å². The van der Waals surface area contributed by atoms with E-state index in [-0.39, 0.29) is 10.8 Å². The third kappa shape index (κ3) is 4.88. The number of carbonyl (C=O) groups is 1. The first-order chi connectivity index (χ1) is 14.5.